The number of nitrogens with two attached hydrogens (primary N) is 1. The molecule has 1 saturated carbocycles. The monoisotopic (exact) mass is 240 g/mol. The van der Waals surface area contributed by atoms with Gasteiger partial charge in [0.1, 0.15) is 5.41 Å². The molecule has 1 aliphatic carbocycles. The number of rotatable bonds is 3. The van der Waals surface area contributed by atoms with Gasteiger partial charge in [0.05, 0.1) is 0 Å². The van der Waals surface area contributed by atoms with Crippen molar-refractivity contribution in [3.63, 3.8) is 0 Å². The lowest BCUT2D eigenvalue weighted by atomic mass is 10.0. The predicted octanol–water partition coefficient (Wildman–Crippen LogP) is -1.09. The van der Waals surface area contributed by atoms with E-state index in [4.69, 9.17) is 10.9 Å². The fourth-order valence-corrected chi connectivity index (χ4v) is 2.00. The lowest BCUT2D eigenvalue weighted by Crippen LogP contribution is -2.51. The molecule has 0 bridgehead atoms. The van der Waals surface area contributed by atoms with E-state index >= 15 is 0 Å². The summed E-state index contributed by atoms with van der Waals surface area (Å²) in [4.78, 5) is 22.9. The summed E-state index contributed by atoms with van der Waals surface area (Å²) in [6.07, 6.45) is 2.26. The summed E-state index contributed by atoms with van der Waals surface area (Å²) in [5.41, 5.74) is 4.69. The molecule has 7 heteroatoms. The zero-order chi connectivity index (χ0) is 12.5. The van der Waals surface area contributed by atoms with E-state index in [1.54, 1.807) is 0 Å². The zero-order valence-corrected chi connectivity index (χ0v) is 9.40. The van der Waals surface area contributed by atoms with Crippen LogP contribution in [0.15, 0.2) is 5.16 Å². The molecule has 2 fully saturated rings. The molecule has 0 aromatic carbocycles. The van der Waals surface area contributed by atoms with E-state index in [1.165, 1.54) is 0 Å². The summed E-state index contributed by atoms with van der Waals surface area (Å²) in [6, 6.07) is -0.0656. The summed E-state index contributed by atoms with van der Waals surface area (Å²) < 4.78 is 0. The minimum Gasteiger partial charge on any atom is -0.409 e. The summed E-state index contributed by atoms with van der Waals surface area (Å²) in [6.45, 7) is 0.441. The third kappa shape index (κ3) is 2.17. The number of nitrogens with zero attached hydrogens (tertiary/aromatic N) is 1. The summed E-state index contributed by atoms with van der Waals surface area (Å²) in [5.74, 6) is -0.239. The third-order valence-corrected chi connectivity index (χ3v) is 3.38. The van der Waals surface area contributed by atoms with Crippen molar-refractivity contribution in [2.24, 2.45) is 16.3 Å². The topological polar surface area (TPSA) is 117 Å². The molecular weight excluding hydrogens is 224 g/mol. The Morgan fingerprint density at radius 1 is 1.59 bits per heavy atom. The van der Waals surface area contributed by atoms with Crippen molar-refractivity contribution in [2.75, 3.05) is 6.54 Å². The van der Waals surface area contributed by atoms with Crippen LogP contribution in [0.3, 0.4) is 0 Å². The molecule has 17 heavy (non-hydrogen) atoms. The van der Waals surface area contributed by atoms with Crippen LogP contribution in [0.25, 0.3) is 0 Å². The van der Waals surface area contributed by atoms with Gasteiger partial charge in [-0.15, -0.1) is 0 Å². The number of carbonyl (C=O) groups is 2. The molecule has 2 aliphatic rings. The highest BCUT2D eigenvalue weighted by molar-refractivity contribution is 6.09. The first-order valence-electron chi connectivity index (χ1n) is 5.64. The van der Waals surface area contributed by atoms with E-state index < -0.39 is 5.41 Å². The van der Waals surface area contributed by atoms with E-state index in [2.05, 4.69) is 15.8 Å². The Kier molecular flexibility index (Phi) is 2.91. The van der Waals surface area contributed by atoms with Crippen LogP contribution in [0.1, 0.15) is 25.7 Å². The molecule has 7 nitrogen and oxygen atoms in total. The Morgan fingerprint density at radius 2 is 2.29 bits per heavy atom. The number of piperidine rings is 1. The number of nitrogens with one attached hydrogen (secondary N) is 2. The van der Waals surface area contributed by atoms with E-state index in [0.29, 0.717) is 32.2 Å². The van der Waals surface area contributed by atoms with Crippen LogP contribution < -0.4 is 16.4 Å². The van der Waals surface area contributed by atoms with Gasteiger partial charge in [-0.05, 0) is 19.3 Å². The molecule has 1 saturated heterocycles. The number of hydrogen-bond donors (Lipinski definition) is 4. The van der Waals surface area contributed by atoms with Gasteiger partial charge in [0.25, 0.3) is 0 Å². The Balaban J connectivity index is 1.92. The van der Waals surface area contributed by atoms with Crippen molar-refractivity contribution in [2.45, 2.75) is 31.7 Å². The van der Waals surface area contributed by atoms with Crippen LogP contribution in [0.4, 0.5) is 0 Å². The molecule has 1 heterocycles. The quantitative estimate of drug-likeness (QED) is 0.217. The van der Waals surface area contributed by atoms with Gasteiger partial charge >= 0.3 is 0 Å². The first-order chi connectivity index (χ1) is 8.08. The zero-order valence-electron chi connectivity index (χ0n) is 9.40. The second kappa shape index (κ2) is 4.23. The lowest BCUT2D eigenvalue weighted by Gasteiger charge is -2.25. The second-order valence-electron chi connectivity index (χ2n) is 4.58. The van der Waals surface area contributed by atoms with Gasteiger partial charge < -0.3 is 21.6 Å². The Hall–Kier alpha value is -1.79. The largest absolute Gasteiger partial charge is 0.409 e. The maximum Gasteiger partial charge on any atom is 0.234 e. The molecule has 0 aromatic rings. The van der Waals surface area contributed by atoms with Crippen molar-refractivity contribution in [3.8, 4) is 0 Å². The van der Waals surface area contributed by atoms with E-state index in [0.717, 1.165) is 0 Å². The van der Waals surface area contributed by atoms with Crippen LogP contribution in [0.2, 0.25) is 0 Å². The maximum atomic E-state index is 12.0. The normalized spacial score (nSPS) is 27.2. The molecule has 2 amide bonds. The van der Waals surface area contributed by atoms with Crippen LogP contribution >= 0.6 is 0 Å². The van der Waals surface area contributed by atoms with Crippen LogP contribution in [0.5, 0.6) is 0 Å². The molecule has 0 aromatic heterocycles. The molecule has 0 radical (unpaired) electrons. The molecule has 1 aliphatic heterocycles. The van der Waals surface area contributed by atoms with Crippen LogP contribution in [0, 0.1) is 5.41 Å². The smallest absolute Gasteiger partial charge is 0.234 e. The Bertz CT molecular complexity index is 366. The van der Waals surface area contributed by atoms with Gasteiger partial charge in [-0.3, -0.25) is 9.59 Å². The molecule has 5 N–H and O–H groups in total. The van der Waals surface area contributed by atoms with Gasteiger partial charge in [0.2, 0.25) is 11.8 Å². The van der Waals surface area contributed by atoms with Gasteiger partial charge in [-0.2, -0.15) is 0 Å². The molecular formula is C10H16N4O3. The van der Waals surface area contributed by atoms with Gasteiger partial charge in [-0.25, -0.2) is 0 Å². The first-order valence-corrected chi connectivity index (χ1v) is 5.64. The van der Waals surface area contributed by atoms with E-state index in [9.17, 15) is 9.59 Å². The SMILES string of the molecule is NC(=NO)C1(C(=O)NC2CCC(=O)NC2)CC1. The number of carbonyl (C=O) groups excluding carboxylic acids is 2. The van der Waals surface area contributed by atoms with Crippen LogP contribution in [-0.4, -0.2) is 35.4 Å². The van der Waals surface area contributed by atoms with E-state index in [1.807, 2.05) is 0 Å². The van der Waals surface area contributed by atoms with Gasteiger partial charge in [0.15, 0.2) is 5.84 Å². The highest BCUT2D eigenvalue weighted by atomic mass is 16.4. The van der Waals surface area contributed by atoms with Crippen molar-refractivity contribution < 1.29 is 14.8 Å². The van der Waals surface area contributed by atoms with E-state index in [-0.39, 0.29) is 23.7 Å². The standard InChI is InChI=1S/C10H16N4O3/c11-8(14-17)10(3-4-10)9(16)13-6-1-2-7(15)12-5-6/h6,17H,1-5H2,(H2,11,14)(H,12,15)(H,13,16). The van der Waals surface area contributed by atoms with Gasteiger partial charge in [-0.1, -0.05) is 5.16 Å². The molecule has 1 unspecified atom stereocenters. The number of oxime groups is 1. The van der Waals surface area contributed by atoms with Crippen molar-refractivity contribution in [1.29, 1.82) is 0 Å². The minimum atomic E-state index is -0.823. The molecule has 94 valence electrons. The molecule has 0 spiro atoms. The molecule has 1 atom stereocenters. The average Bonchev–Trinajstić information content (AvgIpc) is 3.12. The fraction of sp³-hybridized carbons (Fsp3) is 0.700. The minimum absolute atomic E-state index is 0.00747. The Labute approximate surface area is 98.4 Å². The highest BCUT2D eigenvalue weighted by Crippen LogP contribution is 2.46. The summed E-state index contributed by atoms with van der Waals surface area (Å²) in [5, 5.41) is 17.1. The van der Waals surface area contributed by atoms with Crippen LogP contribution in [-0.2, 0) is 9.59 Å². The first kappa shape index (κ1) is 11.7. The average molecular weight is 240 g/mol. The molecule has 2 rings (SSSR count). The second-order valence-corrected chi connectivity index (χ2v) is 4.58. The number of amides is 2. The highest BCUT2D eigenvalue weighted by Gasteiger charge is 2.54. The number of hydrogen-bond acceptors (Lipinski definition) is 4. The maximum absolute atomic E-state index is 12.0. The predicted molar refractivity (Wildman–Crippen MR) is 59.3 cm³/mol. The van der Waals surface area contributed by atoms with Crippen molar-refractivity contribution >= 4 is 17.6 Å². The summed E-state index contributed by atoms with van der Waals surface area (Å²) >= 11 is 0. The summed E-state index contributed by atoms with van der Waals surface area (Å²) in [7, 11) is 0. The fourth-order valence-electron chi connectivity index (χ4n) is 2.00. The van der Waals surface area contributed by atoms with Crippen molar-refractivity contribution in [1.82, 2.24) is 10.6 Å². The van der Waals surface area contributed by atoms with Gasteiger partial charge in [0, 0.05) is 19.0 Å². The van der Waals surface area contributed by atoms with Crippen molar-refractivity contribution in [3.05, 3.63) is 0 Å². The lowest BCUT2D eigenvalue weighted by molar-refractivity contribution is -0.127. The third-order valence-electron chi connectivity index (χ3n) is 3.38. The Morgan fingerprint density at radius 3 is 2.76 bits per heavy atom. The number of amidine groups is 1.